The number of anilines is 2. The third kappa shape index (κ3) is 3.22. The minimum absolute atomic E-state index is 0.302. The van der Waals surface area contributed by atoms with Crippen LogP contribution in [0.2, 0.25) is 0 Å². The molecule has 2 atom stereocenters. The summed E-state index contributed by atoms with van der Waals surface area (Å²) in [6.07, 6.45) is 8.29. The van der Waals surface area contributed by atoms with Gasteiger partial charge in [-0.25, -0.2) is 0 Å². The maximum Gasteiger partial charge on any atom is 0.0630 e. The van der Waals surface area contributed by atoms with E-state index in [4.69, 9.17) is 0 Å². The lowest BCUT2D eigenvalue weighted by Gasteiger charge is -2.30. The number of fused-ring (bicyclic) bond motifs is 6. The van der Waals surface area contributed by atoms with Gasteiger partial charge < -0.3 is 4.90 Å². The summed E-state index contributed by atoms with van der Waals surface area (Å²) in [7, 11) is 0. The first-order chi connectivity index (χ1) is 17.2. The highest BCUT2D eigenvalue weighted by molar-refractivity contribution is 5.86. The van der Waals surface area contributed by atoms with Crippen molar-refractivity contribution < 1.29 is 0 Å². The van der Waals surface area contributed by atoms with Gasteiger partial charge in [-0.1, -0.05) is 98.8 Å². The molecular formula is C34H29N. The quantitative estimate of drug-likeness (QED) is 0.265. The highest BCUT2D eigenvalue weighted by Crippen LogP contribution is 2.49. The van der Waals surface area contributed by atoms with Crippen LogP contribution in [0, 0.1) is 0 Å². The lowest BCUT2D eigenvalue weighted by molar-refractivity contribution is 0.746. The second-order valence-electron chi connectivity index (χ2n) is 10.4. The Balaban J connectivity index is 1.28. The Labute approximate surface area is 208 Å². The van der Waals surface area contributed by atoms with Crippen LogP contribution in [-0.4, -0.2) is 6.04 Å². The van der Waals surface area contributed by atoms with E-state index in [-0.39, 0.29) is 0 Å². The summed E-state index contributed by atoms with van der Waals surface area (Å²) in [4.78, 5) is 2.52. The lowest BCUT2D eigenvalue weighted by atomic mass is 9.85. The number of hydrogen-bond donors (Lipinski definition) is 0. The van der Waals surface area contributed by atoms with Gasteiger partial charge in [-0.15, -0.1) is 0 Å². The van der Waals surface area contributed by atoms with Crippen LogP contribution in [0.5, 0.6) is 0 Å². The zero-order valence-corrected chi connectivity index (χ0v) is 20.3. The van der Waals surface area contributed by atoms with Crippen molar-refractivity contribution in [2.45, 2.75) is 38.1 Å². The van der Waals surface area contributed by atoms with E-state index in [0.717, 1.165) is 6.42 Å². The molecule has 2 aliphatic carbocycles. The van der Waals surface area contributed by atoms with Gasteiger partial charge in [0.2, 0.25) is 0 Å². The number of para-hydroxylation sites is 1. The first-order valence-electron chi connectivity index (χ1n) is 12.8. The van der Waals surface area contributed by atoms with Gasteiger partial charge >= 0.3 is 0 Å². The van der Waals surface area contributed by atoms with Gasteiger partial charge in [0.25, 0.3) is 0 Å². The SMILES string of the molecule is CC(C)c1ccc(N2c3ccccc3C3C=C(c4ccc5c(c4)-c4ccccc4C5)C=CC32)cc1. The molecule has 0 spiro atoms. The molecule has 35 heavy (non-hydrogen) atoms. The molecule has 0 aromatic heterocycles. The summed E-state index contributed by atoms with van der Waals surface area (Å²) in [6.45, 7) is 4.51. The topological polar surface area (TPSA) is 3.24 Å². The number of allylic oxidation sites excluding steroid dienone is 2. The standard InChI is InChI=1S/C34H29N/c1-22(2)23-13-16-28(17-14-23)35-33-10-6-5-9-30(33)32-21-25(15-18-34(32)35)24-11-12-27-19-26-7-3-4-8-29(26)31(27)20-24/h3-18,20-22,32,34H,19H2,1-2H3. The van der Waals surface area contributed by atoms with E-state index in [2.05, 4.69) is 128 Å². The number of benzene rings is 4. The maximum absolute atomic E-state index is 2.52. The predicted molar refractivity (Wildman–Crippen MR) is 147 cm³/mol. The van der Waals surface area contributed by atoms with Crippen LogP contribution in [-0.2, 0) is 6.42 Å². The summed E-state index contributed by atoms with van der Waals surface area (Å²) in [6, 6.07) is 34.3. The molecule has 0 bridgehead atoms. The zero-order chi connectivity index (χ0) is 23.5. The van der Waals surface area contributed by atoms with Gasteiger partial charge in [-0.3, -0.25) is 0 Å². The van der Waals surface area contributed by atoms with Crippen molar-refractivity contribution in [3.05, 3.63) is 137 Å². The van der Waals surface area contributed by atoms with Crippen LogP contribution in [0.25, 0.3) is 16.7 Å². The van der Waals surface area contributed by atoms with Crippen LogP contribution < -0.4 is 4.90 Å². The first kappa shape index (κ1) is 20.5. The van der Waals surface area contributed by atoms with Crippen molar-refractivity contribution in [1.82, 2.24) is 0 Å². The molecular weight excluding hydrogens is 422 g/mol. The van der Waals surface area contributed by atoms with Gasteiger partial charge in [0, 0.05) is 17.3 Å². The van der Waals surface area contributed by atoms with Crippen molar-refractivity contribution >= 4 is 16.9 Å². The minimum atomic E-state index is 0.302. The average molecular weight is 452 g/mol. The summed E-state index contributed by atoms with van der Waals surface area (Å²) in [5.74, 6) is 0.888. The number of rotatable bonds is 3. The Morgan fingerprint density at radius 2 is 1.54 bits per heavy atom. The number of nitrogens with zero attached hydrogens (tertiary/aromatic N) is 1. The predicted octanol–water partition coefficient (Wildman–Crippen LogP) is 8.64. The molecule has 0 saturated carbocycles. The second kappa shape index (κ2) is 7.85. The van der Waals surface area contributed by atoms with Crippen molar-refractivity contribution in [2.24, 2.45) is 0 Å². The van der Waals surface area contributed by atoms with Crippen LogP contribution in [0.15, 0.2) is 109 Å². The van der Waals surface area contributed by atoms with Gasteiger partial charge in [0.05, 0.1) is 6.04 Å². The van der Waals surface area contributed by atoms with E-state index in [1.54, 1.807) is 0 Å². The van der Waals surface area contributed by atoms with Gasteiger partial charge in [0.1, 0.15) is 0 Å². The summed E-state index contributed by atoms with van der Waals surface area (Å²) < 4.78 is 0. The van der Waals surface area contributed by atoms with E-state index in [1.165, 1.54) is 55.9 Å². The smallest absolute Gasteiger partial charge is 0.0630 e. The van der Waals surface area contributed by atoms with E-state index < -0.39 is 0 Å². The molecule has 4 aromatic rings. The molecule has 1 aliphatic heterocycles. The average Bonchev–Trinajstić information content (AvgIpc) is 3.43. The molecule has 0 fully saturated rings. The Bertz CT molecular complexity index is 1500. The van der Waals surface area contributed by atoms with E-state index >= 15 is 0 Å². The number of hydrogen-bond acceptors (Lipinski definition) is 1. The molecule has 1 nitrogen and oxygen atoms in total. The van der Waals surface area contributed by atoms with Crippen molar-refractivity contribution in [1.29, 1.82) is 0 Å². The van der Waals surface area contributed by atoms with Gasteiger partial charge in [-0.2, -0.15) is 0 Å². The van der Waals surface area contributed by atoms with E-state index in [1.807, 2.05) is 0 Å². The van der Waals surface area contributed by atoms with E-state index in [9.17, 15) is 0 Å². The fourth-order valence-corrected chi connectivity index (χ4v) is 6.17. The molecule has 4 aromatic carbocycles. The van der Waals surface area contributed by atoms with Crippen LogP contribution in [0.3, 0.4) is 0 Å². The molecule has 0 radical (unpaired) electrons. The highest BCUT2D eigenvalue weighted by Gasteiger charge is 2.38. The molecule has 3 aliphatic rings. The third-order valence-electron chi connectivity index (χ3n) is 8.02. The molecule has 170 valence electrons. The van der Waals surface area contributed by atoms with Gasteiger partial charge in [0.15, 0.2) is 0 Å². The summed E-state index contributed by atoms with van der Waals surface area (Å²) in [5.41, 5.74) is 13.7. The minimum Gasteiger partial charge on any atom is -0.333 e. The van der Waals surface area contributed by atoms with Crippen LogP contribution in [0.4, 0.5) is 11.4 Å². The molecule has 0 N–H and O–H groups in total. The normalized spacial score (nSPS) is 19.3. The maximum atomic E-state index is 2.52. The molecule has 0 saturated heterocycles. The molecule has 2 unspecified atom stereocenters. The van der Waals surface area contributed by atoms with Crippen LogP contribution >= 0.6 is 0 Å². The fraction of sp³-hybridized carbons (Fsp3) is 0.176. The Kier molecular flexibility index (Phi) is 4.60. The molecule has 7 rings (SSSR count). The summed E-state index contributed by atoms with van der Waals surface area (Å²) in [5, 5.41) is 0. The zero-order valence-electron chi connectivity index (χ0n) is 20.3. The Morgan fingerprint density at radius 3 is 2.40 bits per heavy atom. The lowest BCUT2D eigenvalue weighted by Crippen LogP contribution is -2.28. The molecule has 1 heteroatoms. The highest BCUT2D eigenvalue weighted by atomic mass is 15.2. The van der Waals surface area contributed by atoms with Crippen molar-refractivity contribution in [3.63, 3.8) is 0 Å². The Morgan fingerprint density at radius 1 is 0.771 bits per heavy atom. The van der Waals surface area contributed by atoms with E-state index in [0.29, 0.717) is 17.9 Å². The fourth-order valence-electron chi connectivity index (χ4n) is 6.17. The third-order valence-corrected chi connectivity index (χ3v) is 8.02. The molecule has 0 amide bonds. The first-order valence-corrected chi connectivity index (χ1v) is 12.8. The second-order valence-corrected chi connectivity index (χ2v) is 10.4. The van der Waals surface area contributed by atoms with Crippen molar-refractivity contribution in [2.75, 3.05) is 4.90 Å². The Hall–Kier alpha value is -3.84. The van der Waals surface area contributed by atoms with Crippen molar-refractivity contribution in [3.8, 4) is 11.1 Å². The molecule has 1 heterocycles. The monoisotopic (exact) mass is 451 g/mol. The largest absolute Gasteiger partial charge is 0.333 e. The van der Waals surface area contributed by atoms with Crippen LogP contribution in [0.1, 0.15) is 53.5 Å². The van der Waals surface area contributed by atoms with Gasteiger partial charge in [-0.05, 0) is 81.1 Å². The summed E-state index contributed by atoms with van der Waals surface area (Å²) >= 11 is 0.